The van der Waals surface area contributed by atoms with Crippen LogP contribution in [0.25, 0.3) is 10.8 Å². The molecule has 1 atom stereocenters. The Morgan fingerprint density at radius 1 is 1.23 bits per heavy atom. The Morgan fingerprint density at radius 3 is 2.73 bits per heavy atom. The Labute approximate surface area is 153 Å². The van der Waals surface area contributed by atoms with Gasteiger partial charge in [0.15, 0.2) is 0 Å². The average molecular weight is 353 g/mol. The molecule has 0 radical (unpaired) electrons. The van der Waals surface area contributed by atoms with Crippen molar-refractivity contribution in [2.75, 3.05) is 11.9 Å². The number of nitrogens with zero attached hydrogens (tertiary/aromatic N) is 1. The maximum atomic E-state index is 12.9. The van der Waals surface area contributed by atoms with Crippen LogP contribution in [0, 0.1) is 11.3 Å². The van der Waals surface area contributed by atoms with Gasteiger partial charge in [0, 0.05) is 35.3 Å². The highest BCUT2D eigenvalue weighted by molar-refractivity contribution is 5.93. The summed E-state index contributed by atoms with van der Waals surface area (Å²) < 4.78 is 0. The normalized spacial score (nSPS) is 21.8. The number of aromatic nitrogens is 1. The van der Waals surface area contributed by atoms with Gasteiger partial charge in [-0.3, -0.25) is 4.79 Å². The van der Waals surface area contributed by atoms with E-state index in [2.05, 4.69) is 24.1 Å². The van der Waals surface area contributed by atoms with Crippen LogP contribution in [0.3, 0.4) is 0 Å². The summed E-state index contributed by atoms with van der Waals surface area (Å²) in [4.78, 5) is 29.5. The summed E-state index contributed by atoms with van der Waals surface area (Å²) in [6.45, 7) is 5.29. The third-order valence-corrected chi connectivity index (χ3v) is 6.22. The number of carbonyl (C=O) groups is 1. The molecular weight excluding hydrogens is 326 g/mol. The van der Waals surface area contributed by atoms with Gasteiger partial charge in [-0.2, -0.15) is 0 Å². The van der Waals surface area contributed by atoms with Crippen LogP contribution in [0.15, 0.2) is 35.3 Å². The highest BCUT2D eigenvalue weighted by Gasteiger charge is 2.55. The number of anilines is 1. The maximum Gasteiger partial charge on any atom is 0.322 e. The molecule has 1 aliphatic heterocycles. The number of aromatic amines is 1. The van der Waals surface area contributed by atoms with Crippen LogP contribution in [0.1, 0.15) is 46.0 Å². The smallest absolute Gasteiger partial charge is 0.322 e. The van der Waals surface area contributed by atoms with Crippen LogP contribution in [0.5, 0.6) is 0 Å². The summed E-state index contributed by atoms with van der Waals surface area (Å²) in [5.74, 6) is 0.451. The predicted octanol–water partition coefficient (Wildman–Crippen LogP) is 4.35. The zero-order valence-electron chi connectivity index (χ0n) is 15.5. The second-order valence-electron chi connectivity index (χ2n) is 8.28. The van der Waals surface area contributed by atoms with Crippen molar-refractivity contribution in [3.8, 4) is 0 Å². The summed E-state index contributed by atoms with van der Waals surface area (Å²) in [6, 6.07) is 7.61. The molecule has 0 bridgehead atoms. The predicted molar refractivity (Wildman–Crippen MR) is 104 cm³/mol. The number of H-pyrrole nitrogens is 1. The van der Waals surface area contributed by atoms with Crippen LogP contribution in [-0.2, 0) is 0 Å². The van der Waals surface area contributed by atoms with Crippen molar-refractivity contribution >= 4 is 22.5 Å². The average Bonchev–Trinajstić information content (AvgIpc) is 2.61. The Bertz CT molecular complexity index is 880. The summed E-state index contributed by atoms with van der Waals surface area (Å²) in [5.41, 5.74) is 0.861. The van der Waals surface area contributed by atoms with E-state index in [1.165, 1.54) is 32.1 Å². The molecule has 2 amide bonds. The number of nitrogens with one attached hydrogen (secondary N) is 2. The molecule has 5 heteroatoms. The van der Waals surface area contributed by atoms with Crippen LogP contribution < -0.4 is 10.9 Å². The summed E-state index contributed by atoms with van der Waals surface area (Å²) in [7, 11) is 0. The van der Waals surface area contributed by atoms with E-state index in [9.17, 15) is 9.59 Å². The number of hydrogen-bond donors (Lipinski definition) is 2. The summed E-state index contributed by atoms with van der Waals surface area (Å²) in [6.07, 6.45) is 8.01. The van der Waals surface area contributed by atoms with Crippen LogP contribution in [0.2, 0.25) is 0 Å². The van der Waals surface area contributed by atoms with Crippen molar-refractivity contribution in [2.24, 2.45) is 11.3 Å². The number of urea groups is 1. The van der Waals surface area contributed by atoms with Gasteiger partial charge in [0.2, 0.25) is 0 Å². The minimum absolute atomic E-state index is 0.0494. The number of carbonyl (C=O) groups excluding carboxylic acids is 1. The van der Waals surface area contributed by atoms with E-state index in [-0.39, 0.29) is 11.6 Å². The molecule has 2 fully saturated rings. The third-order valence-electron chi connectivity index (χ3n) is 6.22. The number of amides is 2. The molecular formula is C21H27N3O2. The number of rotatable bonds is 2. The fraction of sp³-hybridized carbons (Fsp3) is 0.524. The first-order valence-corrected chi connectivity index (χ1v) is 9.69. The molecule has 2 N–H and O–H groups in total. The first-order chi connectivity index (χ1) is 12.5. The van der Waals surface area contributed by atoms with Crippen LogP contribution in [0.4, 0.5) is 10.5 Å². The lowest BCUT2D eigenvalue weighted by molar-refractivity contribution is -0.0853. The van der Waals surface area contributed by atoms with Gasteiger partial charge in [-0.1, -0.05) is 39.2 Å². The van der Waals surface area contributed by atoms with Crippen molar-refractivity contribution in [2.45, 2.75) is 52.0 Å². The largest absolute Gasteiger partial charge is 0.329 e. The molecule has 1 saturated heterocycles. The quantitative estimate of drug-likeness (QED) is 0.843. The monoisotopic (exact) mass is 353 g/mol. The molecule has 5 nitrogen and oxygen atoms in total. The molecule has 1 unspecified atom stereocenters. The molecule has 1 aromatic carbocycles. The molecule has 1 aromatic heterocycles. The minimum Gasteiger partial charge on any atom is -0.329 e. The molecule has 1 saturated carbocycles. The number of fused-ring (bicyclic) bond motifs is 1. The minimum atomic E-state index is -0.135. The summed E-state index contributed by atoms with van der Waals surface area (Å²) >= 11 is 0. The molecule has 138 valence electrons. The van der Waals surface area contributed by atoms with E-state index in [0.717, 1.165) is 11.9 Å². The fourth-order valence-electron chi connectivity index (χ4n) is 5.18. The van der Waals surface area contributed by atoms with Gasteiger partial charge in [-0.15, -0.1) is 0 Å². The van der Waals surface area contributed by atoms with Crippen molar-refractivity contribution in [3.05, 3.63) is 40.8 Å². The number of hydrogen-bond acceptors (Lipinski definition) is 2. The first-order valence-electron chi connectivity index (χ1n) is 9.69. The van der Waals surface area contributed by atoms with Gasteiger partial charge in [-0.25, -0.2) is 4.79 Å². The highest BCUT2D eigenvalue weighted by Crippen LogP contribution is 2.51. The third kappa shape index (κ3) is 2.79. The Morgan fingerprint density at radius 2 is 2.00 bits per heavy atom. The maximum absolute atomic E-state index is 12.9. The molecule has 2 aliphatic rings. The van der Waals surface area contributed by atoms with E-state index in [1.54, 1.807) is 12.3 Å². The fourth-order valence-corrected chi connectivity index (χ4v) is 5.18. The zero-order chi connectivity index (χ0) is 18.3. The molecule has 26 heavy (non-hydrogen) atoms. The molecule has 2 aromatic rings. The highest BCUT2D eigenvalue weighted by atomic mass is 16.2. The second-order valence-corrected chi connectivity index (χ2v) is 8.28. The molecule has 2 heterocycles. The van der Waals surface area contributed by atoms with Gasteiger partial charge in [0.25, 0.3) is 5.56 Å². The lowest BCUT2D eigenvalue weighted by atomic mass is 9.60. The van der Waals surface area contributed by atoms with Crippen molar-refractivity contribution in [1.29, 1.82) is 0 Å². The Balaban J connectivity index is 1.53. The van der Waals surface area contributed by atoms with Gasteiger partial charge in [0.05, 0.1) is 0 Å². The summed E-state index contributed by atoms with van der Waals surface area (Å²) in [5, 5.41) is 4.47. The van der Waals surface area contributed by atoms with E-state index < -0.39 is 0 Å². The molecule has 1 spiro atoms. The van der Waals surface area contributed by atoms with Crippen LogP contribution >= 0.6 is 0 Å². The number of pyridine rings is 1. The lowest BCUT2D eigenvalue weighted by Crippen LogP contribution is -2.69. The second kappa shape index (κ2) is 6.45. The number of likely N-dealkylation sites (tertiary alicyclic amines) is 1. The van der Waals surface area contributed by atoms with Crippen LogP contribution in [-0.4, -0.2) is 28.5 Å². The number of benzene rings is 1. The standard InChI is InChI=1S/C21H27N3O2/c1-14(2)18-21(9-4-3-5-10-21)13-24(18)20(26)23-16-7-6-15-8-11-22-19(25)17(15)12-16/h6-8,11-12,14,18H,3-5,9-10,13H2,1-2H3,(H,22,25)(H,23,26). The van der Waals surface area contributed by atoms with Gasteiger partial charge in [0.1, 0.15) is 0 Å². The van der Waals surface area contributed by atoms with E-state index in [0.29, 0.717) is 28.4 Å². The molecule has 1 aliphatic carbocycles. The Hall–Kier alpha value is -2.30. The van der Waals surface area contributed by atoms with Gasteiger partial charge >= 0.3 is 6.03 Å². The van der Waals surface area contributed by atoms with E-state index >= 15 is 0 Å². The van der Waals surface area contributed by atoms with Gasteiger partial charge < -0.3 is 15.2 Å². The Kier molecular flexibility index (Phi) is 4.25. The topological polar surface area (TPSA) is 65.2 Å². The van der Waals surface area contributed by atoms with Crippen molar-refractivity contribution in [3.63, 3.8) is 0 Å². The first kappa shape index (κ1) is 17.1. The SMILES string of the molecule is CC(C)C1N(C(=O)Nc2ccc3cc[nH]c(=O)c3c2)CC12CCCCC2. The van der Waals surface area contributed by atoms with Crippen molar-refractivity contribution < 1.29 is 4.79 Å². The van der Waals surface area contributed by atoms with Crippen molar-refractivity contribution in [1.82, 2.24) is 9.88 Å². The lowest BCUT2D eigenvalue weighted by Gasteiger charge is -2.61. The van der Waals surface area contributed by atoms with E-state index in [1.807, 2.05) is 23.1 Å². The van der Waals surface area contributed by atoms with Gasteiger partial charge in [-0.05, 0) is 42.3 Å². The molecule has 4 rings (SSSR count). The zero-order valence-corrected chi connectivity index (χ0v) is 15.5. The van der Waals surface area contributed by atoms with E-state index in [4.69, 9.17) is 0 Å².